The Kier molecular flexibility index (Phi) is 6.69. The number of carbonyl (C=O) groups excluding carboxylic acids is 1. The van der Waals surface area contributed by atoms with Gasteiger partial charge in [0.15, 0.2) is 5.58 Å². The predicted octanol–water partition coefficient (Wildman–Crippen LogP) is 4.22. The molecule has 0 unspecified atom stereocenters. The van der Waals surface area contributed by atoms with Crippen molar-refractivity contribution in [2.24, 2.45) is 5.92 Å². The molecule has 1 fully saturated rings. The number of anilines is 1. The number of amides is 1. The molecule has 8 nitrogen and oxygen atoms in total. The van der Waals surface area contributed by atoms with Crippen LogP contribution in [0.15, 0.2) is 50.5 Å². The number of nitrogens with one attached hydrogen (secondary N) is 1. The Labute approximate surface area is 199 Å². The van der Waals surface area contributed by atoms with E-state index >= 15 is 0 Å². The molecule has 0 saturated carbocycles. The number of hydrogen-bond donors (Lipinski definition) is 1. The van der Waals surface area contributed by atoms with Crippen LogP contribution in [-0.2, 0) is 14.8 Å². The molecule has 4 rings (SSSR count). The SMILES string of the molecule is Cc1ccc(C)c(NC(=O)CC2CCN(S(=O)(=O)c3ccc4c(c3)oc(=O)n4C(C)C)CC2)c1. The third-order valence-electron chi connectivity index (χ3n) is 6.45. The Balaban J connectivity index is 1.41. The largest absolute Gasteiger partial charge is 0.420 e. The molecule has 3 aromatic rings. The van der Waals surface area contributed by atoms with Crippen LogP contribution in [0, 0.1) is 19.8 Å². The van der Waals surface area contributed by atoms with E-state index in [-0.39, 0.29) is 28.3 Å². The number of hydrogen-bond acceptors (Lipinski definition) is 5. The molecule has 2 aromatic carbocycles. The Hall–Kier alpha value is -2.91. The first-order valence-corrected chi connectivity index (χ1v) is 13.0. The van der Waals surface area contributed by atoms with E-state index in [2.05, 4.69) is 5.32 Å². The fourth-order valence-electron chi connectivity index (χ4n) is 4.50. The second kappa shape index (κ2) is 9.38. The summed E-state index contributed by atoms with van der Waals surface area (Å²) in [5.41, 5.74) is 3.75. The highest BCUT2D eigenvalue weighted by Gasteiger charge is 2.31. The highest BCUT2D eigenvalue weighted by atomic mass is 32.2. The molecule has 0 radical (unpaired) electrons. The monoisotopic (exact) mass is 485 g/mol. The number of oxazole rings is 1. The van der Waals surface area contributed by atoms with Crippen molar-refractivity contribution < 1.29 is 17.6 Å². The summed E-state index contributed by atoms with van der Waals surface area (Å²) in [6.45, 7) is 8.37. The maximum absolute atomic E-state index is 13.2. The lowest BCUT2D eigenvalue weighted by Crippen LogP contribution is -2.39. The summed E-state index contributed by atoms with van der Waals surface area (Å²) in [4.78, 5) is 24.8. The molecular weight excluding hydrogens is 454 g/mol. The number of aromatic nitrogens is 1. The number of benzene rings is 2. The first-order chi connectivity index (χ1) is 16.1. The predicted molar refractivity (Wildman–Crippen MR) is 132 cm³/mol. The van der Waals surface area contributed by atoms with Crippen LogP contribution in [0.2, 0.25) is 0 Å². The van der Waals surface area contributed by atoms with Gasteiger partial charge in [-0.1, -0.05) is 12.1 Å². The number of piperidine rings is 1. The highest BCUT2D eigenvalue weighted by molar-refractivity contribution is 7.89. The molecule has 1 aliphatic rings. The number of carbonyl (C=O) groups is 1. The van der Waals surface area contributed by atoms with E-state index in [9.17, 15) is 18.0 Å². The summed E-state index contributed by atoms with van der Waals surface area (Å²) >= 11 is 0. The third kappa shape index (κ3) is 4.81. The Morgan fingerprint density at radius 3 is 2.50 bits per heavy atom. The normalized spacial score (nSPS) is 15.8. The molecule has 9 heteroatoms. The van der Waals surface area contributed by atoms with Crippen molar-refractivity contribution in [2.45, 2.75) is 57.9 Å². The third-order valence-corrected chi connectivity index (χ3v) is 8.35. The fourth-order valence-corrected chi connectivity index (χ4v) is 5.99. The van der Waals surface area contributed by atoms with E-state index in [1.54, 1.807) is 6.07 Å². The Bertz CT molecular complexity index is 1380. The summed E-state index contributed by atoms with van der Waals surface area (Å²) < 4.78 is 34.7. The van der Waals surface area contributed by atoms with Gasteiger partial charge in [0.2, 0.25) is 15.9 Å². The van der Waals surface area contributed by atoms with Crippen LogP contribution in [0.3, 0.4) is 0 Å². The van der Waals surface area contributed by atoms with Crippen molar-refractivity contribution in [2.75, 3.05) is 18.4 Å². The Morgan fingerprint density at radius 1 is 1.12 bits per heavy atom. The number of sulfonamides is 1. The van der Waals surface area contributed by atoms with Gasteiger partial charge in [-0.15, -0.1) is 0 Å². The van der Waals surface area contributed by atoms with Gasteiger partial charge in [-0.05, 0) is 75.8 Å². The standard InChI is InChI=1S/C25H31N3O5S/c1-16(2)28-22-8-7-20(15-23(22)33-25(28)30)34(31,32)27-11-9-19(10-12-27)14-24(29)26-21-13-17(3)5-6-18(21)4/h5-8,13,15-16,19H,9-12,14H2,1-4H3,(H,26,29). The minimum absolute atomic E-state index is 0.0508. The fraction of sp³-hybridized carbons (Fsp3) is 0.440. The maximum Gasteiger partial charge on any atom is 0.420 e. The van der Waals surface area contributed by atoms with Gasteiger partial charge in [0, 0.05) is 37.3 Å². The number of fused-ring (bicyclic) bond motifs is 1. The van der Waals surface area contributed by atoms with Crippen LogP contribution in [0.5, 0.6) is 0 Å². The first-order valence-electron chi connectivity index (χ1n) is 11.6. The number of aryl methyl sites for hydroxylation is 2. The first kappa shape index (κ1) is 24.2. The molecule has 1 N–H and O–H groups in total. The number of rotatable bonds is 6. The van der Waals surface area contributed by atoms with E-state index in [0.717, 1.165) is 16.8 Å². The molecule has 182 valence electrons. The zero-order valence-electron chi connectivity index (χ0n) is 20.0. The molecule has 0 atom stereocenters. The minimum atomic E-state index is -3.73. The highest BCUT2D eigenvalue weighted by Crippen LogP contribution is 2.28. The maximum atomic E-state index is 13.2. The average molecular weight is 486 g/mol. The lowest BCUT2D eigenvalue weighted by molar-refractivity contribution is -0.117. The lowest BCUT2D eigenvalue weighted by Gasteiger charge is -2.31. The van der Waals surface area contributed by atoms with Gasteiger partial charge in [0.1, 0.15) is 0 Å². The molecule has 34 heavy (non-hydrogen) atoms. The second-order valence-electron chi connectivity index (χ2n) is 9.38. The summed E-state index contributed by atoms with van der Waals surface area (Å²) in [6.07, 6.45) is 1.59. The molecule has 1 aromatic heterocycles. The van der Waals surface area contributed by atoms with Gasteiger partial charge in [-0.2, -0.15) is 4.31 Å². The summed E-state index contributed by atoms with van der Waals surface area (Å²) in [6, 6.07) is 10.4. The number of nitrogens with zero attached hydrogens (tertiary/aromatic N) is 2. The zero-order valence-corrected chi connectivity index (χ0v) is 20.8. The average Bonchev–Trinajstić information content (AvgIpc) is 3.11. The second-order valence-corrected chi connectivity index (χ2v) is 11.3. The van der Waals surface area contributed by atoms with Crippen LogP contribution < -0.4 is 11.1 Å². The van der Waals surface area contributed by atoms with Crippen LogP contribution in [0.4, 0.5) is 5.69 Å². The van der Waals surface area contributed by atoms with Crippen molar-refractivity contribution in [3.63, 3.8) is 0 Å². The van der Waals surface area contributed by atoms with E-state index in [1.807, 2.05) is 45.9 Å². The molecule has 0 spiro atoms. The molecule has 1 saturated heterocycles. The summed E-state index contributed by atoms with van der Waals surface area (Å²) in [5.74, 6) is -0.429. The van der Waals surface area contributed by atoms with E-state index in [1.165, 1.54) is 21.0 Å². The lowest BCUT2D eigenvalue weighted by atomic mass is 9.94. The van der Waals surface area contributed by atoms with Crippen molar-refractivity contribution in [3.05, 3.63) is 58.1 Å². The molecule has 0 bridgehead atoms. The van der Waals surface area contributed by atoms with Crippen LogP contribution in [0.25, 0.3) is 11.1 Å². The molecule has 2 heterocycles. The van der Waals surface area contributed by atoms with Crippen molar-refractivity contribution >= 4 is 32.7 Å². The van der Waals surface area contributed by atoms with E-state index < -0.39 is 15.8 Å². The van der Waals surface area contributed by atoms with Crippen molar-refractivity contribution in [3.8, 4) is 0 Å². The smallest absolute Gasteiger partial charge is 0.408 e. The van der Waals surface area contributed by atoms with Gasteiger partial charge < -0.3 is 9.73 Å². The molecule has 1 aliphatic heterocycles. The zero-order chi connectivity index (χ0) is 24.6. The Morgan fingerprint density at radius 2 is 1.82 bits per heavy atom. The summed E-state index contributed by atoms with van der Waals surface area (Å²) in [5, 5.41) is 2.99. The molecule has 1 amide bonds. The van der Waals surface area contributed by atoms with E-state index in [4.69, 9.17) is 4.42 Å². The van der Waals surface area contributed by atoms with Gasteiger partial charge >= 0.3 is 5.76 Å². The molecular formula is C25H31N3O5S. The van der Waals surface area contributed by atoms with Crippen LogP contribution in [0.1, 0.15) is 50.3 Å². The van der Waals surface area contributed by atoms with Gasteiger partial charge in [0.25, 0.3) is 0 Å². The van der Waals surface area contributed by atoms with Gasteiger partial charge in [-0.25, -0.2) is 13.2 Å². The minimum Gasteiger partial charge on any atom is -0.408 e. The van der Waals surface area contributed by atoms with Crippen LogP contribution >= 0.6 is 0 Å². The summed E-state index contributed by atoms with van der Waals surface area (Å²) in [7, 11) is -3.73. The van der Waals surface area contributed by atoms with Crippen LogP contribution in [-0.4, -0.2) is 36.3 Å². The molecule has 0 aliphatic carbocycles. The van der Waals surface area contributed by atoms with E-state index in [0.29, 0.717) is 37.9 Å². The quantitative estimate of drug-likeness (QED) is 0.563. The topological polar surface area (TPSA) is 102 Å². The van der Waals surface area contributed by atoms with Gasteiger partial charge in [-0.3, -0.25) is 9.36 Å². The van der Waals surface area contributed by atoms with Crippen molar-refractivity contribution in [1.82, 2.24) is 8.87 Å². The van der Waals surface area contributed by atoms with Gasteiger partial charge in [0.05, 0.1) is 10.4 Å². The van der Waals surface area contributed by atoms with Crippen molar-refractivity contribution in [1.29, 1.82) is 0 Å².